The van der Waals surface area contributed by atoms with Gasteiger partial charge in [0.15, 0.2) is 0 Å². The number of hydrogen-bond acceptors (Lipinski definition) is 6. The highest BCUT2D eigenvalue weighted by atomic mass is 32.2. The van der Waals surface area contributed by atoms with Gasteiger partial charge in [0.05, 0.1) is 36.2 Å². The molecule has 0 spiro atoms. The third kappa shape index (κ3) is 4.10. The molecule has 40 heavy (non-hydrogen) atoms. The fourth-order valence-electron chi connectivity index (χ4n) is 7.25. The third-order valence-electron chi connectivity index (χ3n) is 9.38. The Balaban J connectivity index is 1.39. The number of hydrogen-bond donors (Lipinski definition) is 1. The van der Waals surface area contributed by atoms with Gasteiger partial charge in [-0.05, 0) is 79.6 Å². The zero-order chi connectivity index (χ0) is 28.1. The van der Waals surface area contributed by atoms with Gasteiger partial charge in [-0.2, -0.15) is 4.31 Å². The Labute approximate surface area is 234 Å². The number of fused-ring (bicyclic) bond motifs is 1. The molecule has 1 aromatic heterocycles. The molecule has 210 valence electrons. The van der Waals surface area contributed by atoms with Crippen LogP contribution < -0.4 is 4.74 Å². The average Bonchev–Trinajstić information content (AvgIpc) is 3.49. The van der Waals surface area contributed by atoms with Crippen LogP contribution in [0.5, 0.6) is 5.75 Å². The number of furan rings is 1. The summed E-state index contributed by atoms with van der Waals surface area (Å²) in [5.74, 6) is 0.568. The fourth-order valence-corrected chi connectivity index (χ4v) is 8.94. The Morgan fingerprint density at radius 3 is 2.70 bits per heavy atom. The first-order valence-corrected chi connectivity index (χ1v) is 15.1. The highest BCUT2D eigenvalue weighted by molar-refractivity contribution is 7.89. The van der Waals surface area contributed by atoms with E-state index in [1.165, 1.54) is 4.31 Å². The number of amides is 1. The number of aliphatic hydroxyl groups is 1. The summed E-state index contributed by atoms with van der Waals surface area (Å²) in [5.41, 5.74) is 0.800. The van der Waals surface area contributed by atoms with E-state index in [4.69, 9.17) is 9.15 Å². The Bertz CT molecular complexity index is 1540. The van der Waals surface area contributed by atoms with Crippen molar-refractivity contribution in [2.75, 3.05) is 20.7 Å². The number of carbonyl (C=O) groups excluding carboxylic acids is 1. The number of piperidine rings is 1. The summed E-state index contributed by atoms with van der Waals surface area (Å²) in [6, 6.07) is 15.4. The van der Waals surface area contributed by atoms with Gasteiger partial charge in [-0.15, -0.1) is 0 Å². The number of likely N-dealkylation sites (N-methyl/N-ethyl adjacent to an activating group) is 1. The Hall–Kier alpha value is -3.40. The molecule has 0 radical (unpaired) electrons. The molecule has 1 aliphatic heterocycles. The maximum absolute atomic E-state index is 13.9. The van der Waals surface area contributed by atoms with Crippen LogP contribution in [0.3, 0.4) is 0 Å². The number of nitrogens with zero attached hydrogens (tertiary/aromatic N) is 2. The SMILES string of the molecule is COc1ccc2c(c1)[C@]13CCN(S(=O)(=O)c4ccccc4)[C@H](C2)[C@]1(O)CC[C@@H](N(C)C(=O)/C=C/c1ccoc1)C3. The Kier molecular flexibility index (Phi) is 6.64. The molecule has 4 atom stereocenters. The highest BCUT2D eigenvalue weighted by Crippen LogP contribution is 2.59. The predicted octanol–water partition coefficient (Wildman–Crippen LogP) is 4.00. The summed E-state index contributed by atoms with van der Waals surface area (Å²) in [5, 5.41) is 12.6. The van der Waals surface area contributed by atoms with Gasteiger partial charge in [-0.25, -0.2) is 8.42 Å². The number of ether oxygens (including phenoxy) is 1. The molecule has 9 heteroatoms. The monoisotopic (exact) mass is 562 g/mol. The third-order valence-corrected chi connectivity index (χ3v) is 11.3. The van der Waals surface area contributed by atoms with E-state index in [1.54, 1.807) is 80.1 Å². The lowest BCUT2D eigenvalue weighted by Crippen LogP contribution is -2.74. The summed E-state index contributed by atoms with van der Waals surface area (Å²) < 4.78 is 39.9. The van der Waals surface area contributed by atoms with E-state index in [0.717, 1.165) is 16.7 Å². The number of methoxy groups -OCH3 is 1. The molecule has 8 nitrogen and oxygen atoms in total. The van der Waals surface area contributed by atoms with Crippen molar-refractivity contribution in [1.29, 1.82) is 0 Å². The maximum atomic E-state index is 13.9. The second-order valence-corrected chi connectivity index (χ2v) is 13.1. The number of benzene rings is 2. The highest BCUT2D eigenvalue weighted by Gasteiger charge is 2.66. The minimum atomic E-state index is -3.83. The maximum Gasteiger partial charge on any atom is 0.246 e. The van der Waals surface area contributed by atoms with E-state index in [-0.39, 0.29) is 23.4 Å². The van der Waals surface area contributed by atoms with E-state index >= 15 is 0 Å². The molecule has 1 saturated heterocycles. The molecule has 2 fully saturated rings. The zero-order valence-corrected chi connectivity index (χ0v) is 23.5. The van der Waals surface area contributed by atoms with Crippen LogP contribution in [0.4, 0.5) is 0 Å². The lowest BCUT2D eigenvalue weighted by molar-refractivity contribution is -0.162. The largest absolute Gasteiger partial charge is 0.497 e. The van der Waals surface area contributed by atoms with Crippen LogP contribution in [0.25, 0.3) is 6.08 Å². The molecule has 3 aliphatic rings. The summed E-state index contributed by atoms with van der Waals surface area (Å²) in [6.07, 6.45) is 8.73. The van der Waals surface area contributed by atoms with Crippen molar-refractivity contribution in [2.45, 2.75) is 60.1 Å². The minimum absolute atomic E-state index is 0.128. The second-order valence-electron chi connectivity index (χ2n) is 11.2. The van der Waals surface area contributed by atoms with E-state index < -0.39 is 27.1 Å². The molecular formula is C31H34N2O6S. The molecule has 0 unspecified atom stereocenters. The molecule has 2 aromatic carbocycles. The first kappa shape index (κ1) is 26.8. The van der Waals surface area contributed by atoms with Crippen LogP contribution in [0.2, 0.25) is 0 Å². The molecule has 1 N–H and O–H groups in total. The van der Waals surface area contributed by atoms with E-state index in [0.29, 0.717) is 37.9 Å². The minimum Gasteiger partial charge on any atom is -0.497 e. The normalized spacial score (nSPS) is 28.1. The molecule has 1 amide bonds. The first-order valence-electron chi connectivity index (χ1n) is 13.6. The second kappa shape index (κ2) is 9.90. The lowest BCUT2D eigenvalue weighted by atomic mass is 9.49. The van der Waals surface area contributed by atoms with Gasteiger partial charge in [0.2, 0.25) is 15.9 Å². The predicted molar refractivity (Wildman–Crippen MR) is 150 cm³/mol. The van der Waals surface area contributed by atoms with Crippen molar-refractivity contribution >= 4 is 22.0 Å². The zero-order valence-electron chi connectivity index (χ0n) is 22.7. The van der Waals surface area contributed by atoms with Gasteiger partial charge in [-0.3, -0.25) is 4.79 Å². The van der Waals surface area contributed by atoms with Crippen LogP contribution in [0.1, 0.15) is 42.4 Å². The Morgan fingerprint density at radius 2 is 1.98 bits per heavy atom. The van der Waals surface area contributed by atoms with Gasteiger partial charge in [0.1, 0.15) is 5.75 Å². The van der Waals surface area contributed by atoms with Crippen molar-refractivity contribution in [1.82, 2.24) is 9.21 Å². The van der Waals surface area contributed by atoms with Gasteiger partial charge in [0.25, 0.3) is 0 Å². The molecule has 6 rings (SSSR count). The number of rotatable bonds is 6. The average molecular weight is 563 g/mol. The van der Waals surface area contributed by atoms with Crippen LogP contribution >= 0.6 is 0 Å². The van der Waals surface area contributed by atoms with E-state index in [9.17, 15) is 18.3 Å². The molecular weight excluding hydrogens is 528 g/mol. The standard InChI is InChI=1S/C31H34N2O6S/c1-32(29(34)11-8-22-13-17-39-21-22)24-12-14-31(35)28-18-23-9-10-25(38-2)19-27(23)30(31,20-24)15-16-33(28)40(36,37)26-6-4-3-5-7-26/h3-11,13,17,19,21,24,28,35H,12,14-16,18,20H2,1-2H3/b11-8+/t24-,28-,30-,31-/m1/s1. The first-order chi connectivity index (χ1) is 19.2. The van der Waals surface area contributed by atoms with E-state index in [2.05, 4.69) is 0 Å². The van der Waals surface area contributed by atoms with Gasteiger partial charge >= 0.3 is 0 Å². The molecule has 3 aromatic rings. The Morgan fingerprint density at radius 1 is 1.18 bits per heavy atom. The summed E-state index contributed by atoms with van der Waals surface area (Å²) in [7, 11) is -0.404. The smallest absolute Gasteiger partial charge is 0.246 e. The fraction of sp³-hybridized carbons (Fsp3) is 0.387. The quantitative estimate of drug-likeness (QED) is 0.456. The van der Waals surface area contributed by atoms with Crippen LogP contribution in [-0.2, 0) is 26.7 Å². The lowest BCUT2D eigenvalue weighted by Gasteiger charge is -2.64. The van der Waals surface area contributed by atoms with Crippen LogP contribution in [0, 0.1) is 0 Å². The topological polar surface area (TPSA) is 100 Å². The number of sulfonamides is 1. The van der Waals surface area contributed by atoms with Crippen molar-refractivity contribution in [2.24, 2.45) is 0 Å². The van der Waals surface area contributed by atoms with Crippen molar-refractivity contribution < 1.29 is 27.5 Å². The molecule has 2 heterocycles. The van der Waals surface area contributed by atoms with E-state index in [1.807, 2.05) is 18.2 Å². The molecule has 2 bridgehead atoms. The molecule has 2 aliphatic carbocycles. The summed E-state index contributed by atoms with van der Waals surface area (Å²) >= 11 is 0. The van der Waals surface area contributed by atoms with Gasteiger partial charge < -0.3 is 19.2 Å². The van der Waals surface area contributed by atoms with Crippen LogP contribution in [0.15, 0.2) is 82.5 Å². The molecule has 1 saturated carbocycles. The van der Waals surface area contributed by atoms with Crippen LogP contribution in [-0.4, -0.2) is 67.0 Å². The van der Waals surface area contributed by atoms with Crippen molar-refractivity contribution in [3.05, 3.63) is 89.9 Å². The summed E-state index contributed by atoms with van der Waals surface area (Å²) in [6.45, 7) is 0.283. The van der Waals surface area contributed by atoms with Crippen molar-refractivity contribution in [3.8, 4) is 5.75 Å². The van der Waals surface area contributed by atoms with Gasteiger partial charge in [-0.1, -0.05) is 24.3 Å². The van der Waals surface area contributed by atoms with Gasteiger partial charge in [0, 0.05) is 36.7 Å². The van der Waals surface area contributed by atoms with Crippen molar-refractivity contribution in [3.63, 3.8) is 0 Å². The number of carbonyl (C=O) groups is 1. The summed E-state index contributed by atoms with van der Waals surface area (Å²) in [4.78, 5) is 15.2.